The Bertz CT molecular complexity index is 698. The Labute approximate surface area is 124 Å². The molecule has 1 aromatic carbocycles. The number of benzene rings is 1. The average molecular weight is 281 g/mol. The standard InChI is InChI=1S/C17H19N3O/c1-13(2)18-11-16-8-9-17(21-16)14-10-19-20(12-14)15-6-4-3-5-7-15/h3-10,12-13,18H,11H2,1-2H3. The van der Waals surface area contributed by atoms with E-state index in [1.165, 1.54) is 0 Å². The fourth-order valence-corrected chi connectivity index (χ4v) is 2.10. The van der Waals surface area contributed by atoms with Crippen molar-refractivity contribution in [1.29, 1.82) is 0 Å². The second-order valence-corrected chi connectivity index (χ2v) is 5.31. The second-order valence-electron chi connectivity index (χ2n) is 5.31. The number of nitrogens with one attached hydrogen (secondary N) is 1. The van der Waals surface area contributed by atoms with E-state index in [0.717, 1.165) is 29.3 Å². The van der Waals surface area contributed by atoms with Gasteiger partial charge in [-0.15, -0.1) is 0 Å². The Kier molecular flexibility index (Phi) is 3.88. The normalized spacial score (nSPS) is 11.2. The van der Waals surface area contributed by atoms with E-state index >= 15 is 0 Å². The van der Waals surface area contributed by atoms with Crippen molar-refractivity contribution in [2.45, 2.75) is 26.4 Å². The predicted octanol–water partition coefficient (Wildman–Crippen LogP) is 3.63. The molecule has 21 heavy (non-hydrogen) atoms. The maximum Gasteiger partial charge on any atom is 0.137 e. The van der Waals surface area contributed by atoms with Crippen molar-refractivity contribution < 1.29 is 4.42 Å². The molecule has 2 aromatic heterocycles. The molecule has 3 aromatic rings. The van der Waals surface area contributed by atoms with Crippen LogP contribution in [-0.4, -0.2) is 15.8 Å². The van der Waals surface area contributed by atoms with E-state index < -0.39 is 0 Å². The van der Waals surface area contributed by atoms with Crippen LogP contribution in [0.25, 0.3) is 17.0 Å². The van der Waals surface area contributed by atoms with Gasteiger partial charge in [-0.25, -0.2) is 4.68 Å². The number of para-hydroxylation sites is 1. The van der Waals surface area contributed by atoms with Crippen LogP contribution in [0.3, 0.4) is 0 Å². The summed E-state index contributed by atoms with van der Waals surface area (Å²) in [6, 6.07) is 14.5. The highest BCUT2D eigenvalue weighted by atomic mass is 16.3. The third-order valence-corrected chi connectivity index (χ3v) is 3.23. The van der Waals surface area contributed by atoms with Crippen LogP contribution in [-0.2, 0) is 6.54 Å². The van der Waals surface area contributed by atoms with E-state index in [-0.39, 0.29) is 0 Å². The zero-order valence-corrected chi connectivity index (χ0v) is 12.3. The highest BCUT2D eigenvalue weighted by molar-refractivity contribution is 5.56. The average Bonchev–Trinajstić information content (AvgIpc) is 3.15. The van der Waals surface area contributed by atoms with Gasteiger partial charge in [0.1, 0.15) is 11.5 Å². The van der Waals surface area contributed by atoms with Crippen LogP contribution in [0.1, 0.15) is 19.6 Å². The molecule has 0 fully saturated rings. The van der Waals surface area contributed by atoms with Crippen molar-refractivity contribution in [3.8, 4) is 17.0 Å². The lowest BCUT2D eigenvalue weighted by Gasteiger charge is -2.04. The highest BCUT2D eigenvalue weighted by Crippen LogP contribution is 2.22. The minimum absolute atomic E-state index is 0.444. The molecule has 0 bridgehead atoms. The van der Waals surface area contributed by atoms with Gasteiger partial charge in [0.15, 0.2) is 0 Å². The van der Waals surface area contributed by atoms with Gasteiger partial charge in [-0.2, -0.15) is 5.10 Å². The summed E-state index contributed by atoms with van der Waals surface area (Å²) in [5.74, 6) is 1.78. The molecular formula is C17H19N3O. The molecule has 0 aliphatic carbocycles. The first-order valence-electron chi connectivity index (χ1n) is 7.15. The summed E-state index contributed by atoms with van der Waals surface area (Å²) in [4.78, 5) is 0. The van der Waals surface area contributed by atoms with Gasteiger partial charge in [0.2, 0.25) is 0 Å². The molecule has 0 aliphatic rings. The molecule has 1 N–H and O–H groups in total. The number of rotatable bonds is 5. The molecule has 0 atom stereocenters. The second kappa shape index (κ2) is 5.97. The quantitative estimate of drug-likeness (QED) is 0.776. The summed E-state index contributed by atoms with van der Waals surface area (Å²) in [5, 5.41) is 7.73. The van der Waals surface area contributed by atoms with E-state index in [0.29, 0.717) is 6.04 Å². The Balaban J connectivity index is 1.77. The van der Waals surface area contributed by atoms with E-state index in [1.807, 2.05) is 59.5 Å². The smallest absolute Gasteiger partial charge is 0.137 e. The lowest BCUT2D eigenvalue weighted by atomic mass is 10.3. The van der Waals surface area contributed by atoms with Gasteiger partial charge in [0.25, 0.3) is 0 Å². The van der Waals surface area contributed by atoms with Gasteiger partial charge in [-0.3, -0.25) is 0 Å². The van der Waals surface area contributed by atoms with Crippen LogP contribution in [0.4, 0.5) is 0 Å². The van der Waals surface area contributed by atoms with Crippen LogP contribution in [0.15, 0.2) is 59.3 Å². The Morgan fingerprint density at radius 2 is 1.95 bits per heavy atom. The van der Waals surface area contributed by atoms with Crippen molar-refractivity contribution in [3.63, 3.8) is 0 Å². The molecular weight excluding hydrogens is 262 g/mol. The van der Waals surface area contributed by atoms with E-state index in [9.17, 15) is 0 Å². The molecule has 108 valence electrons. The van der Waals surface area contributed by atoms with E-state index in [4.69, 9.17) is 4.42 Å². The van der Waals surface area contributed by atoms with E-state index in [2.05, 4.69) is 24.3 Å². The molecule has 0 amide bonds. The maximum atomic E-state index is 5.85. The van der Waals surface area contributed by atoms with Crippen molar-refractivity contribution in [2.24, 2.45) is 0 Å². The van der Waals surface area contributed by atoms with Gasteiger partial charge < -0.3 is 9.73 Å². The fourth-order valence-electron chi connectivity index (χ4n) is 2.10. The summed E-state index contributed by atoms with van der Waals surface area (Å²) < 4.78 is 7.70. The van der Waals surface area contributed by atoms with Crippen molar-refractivity contribution in [1.82, 2.24) is 15.1 Å². The van der Waals surface area contributed by atoms with Crippen molar-refractivity contribution in [2.75, 3.05) is 0 Å². The summed E-state index contributed by atoms with van der Waals surface area (Å²) in [6.07, 6.45) is 3.80. The van der Waals surface area contributed by atoms with Crippen molar-refractivity contribution in [3.05, 3.63) is 60.6 Å². The summed E-state index contributed by atoms with van der Waals surface area (Å²) >= 11 is 0. The van der Waals surface area contributed by atoms with Gasteiger partial charge in [-0.1, -0.05) is 32.0 Å². The van der Waals surface area contributed by atoms with E-state index in [1.54, 1.807) is 0 Å². The first kappa shape index (κ1) is 13.6. The molecule has 3 rings (SSSR count). The molecule has 0 aliphatic heterocycles. The Hall–Kier alpha value is -2.33. The van der Waals surface area contributed by atoms with Gasteiger partial charge in [0, 0.05) is 12.2 Å². The number of nitrogens with zero attached hydrogens (tertiary/aromatic N) is 2. The monoisotopic (exact) mass is 281 g/mol. The minimum Gasteiger partial charge on any atom is -0.460 e. The topological polar surface area (TPSA) is 43.0 Å². The first-order valence-corrected chi connectivity index (χ1v) is 7.15. The Morgan fingerprint density at radius 3 is 2.71 bits per heavy atom. The van der Waals surface area contributed by atoms with Gasteiger partial charge in [-0.05, 0) is 24.3 Å². The number of hydrogen-bond acceptors (Lipinski definition) is 3. The molecule has 0 radical (unpaired) electrons. The van der Waals surface area contributed by atoms with Crippen molar-refractivity contribution >= 4 is 0 Å². The summed E-state index contributed by atoms with van der Waals surface area (Å²) in [7, 11) is 0. The zero-order chi connectivity index (χ0) is 14.7. The van der Waals surface area contributed by atoms with Crippen LogP contribution in [0.5, 0.6) is 0 Å². The molecule has 4 nitrogen and oxygen atoms in total. The SMILES string of the molecule is CC(C)NCc1ccc(-c2cnn(-c3ccccc3)c2)o1. The maximum absolute atomic E-state index is 5.85. The zero-order valence-electron chi connectivity index (χ0n) is 12.3. The summed E-state index contributed by atoms with van der Waals surface area (Å²) in [6.45, 7) is 4.98. The molecule has 0 saturated carbocycles. The van der Waals surface area contributed by atoms with Gasteiger partial charge >= 0.3 is 0 Å². The first-order chi connectivity index (χ1) is 10.2. The lowest BCUT2D eigenvalue weighted by molar-refractivity contribution is 0.473. The predicted molar refractivity (Wildman–Crippen MR) is 83.2 cm³/mol. The third kappa shape index (κ3) is 3.23. The number of hydrogen-bond donors (Lipinski definition) is 1. The minimum atomic E-state index is 0.444. The van der Waals surface area contributed by atoms with Crippen LogP contribution < -0.4 is 5.32 Å². The van der Waals surface area contributed by atoms with Gasteiger partial charge in [0.05, 0.1) is 24.0 Å². The number of aromatic nitrogens is 2. The lowest BCUT2D eigenvalue weighted by Crippen LogP contribution is -2.21. The van der Waals surface area contributed by atoms with Crippen LogP contribution in [0, 0.1) is 0 Å². The van der Waals surface area contributed by atoms with Crippen LogP contribution in [0.2, 0.25) is 0 Å². The largest absolute Gasteiger partial charge is 0.460 e. The molecule has 2 heterocycles. The van der Waals surface area contributed by atoms with Crippen LogP contribution >= 0.6 is 0 Å². The molecule has 4 heteroatoms. The third-order valence-electron chi connectivity index (χ3n) is 3.23. The molecule has 0 saturated heterocycles. The Morgan fingerprint density at radius 1 is 1.14 bits per heavy atom. The highest BCUT2D eigenvalue weighted by Gasteiger charge is 2.08. The fraction of sp³-hybridized carbons (Fsp3) is 0.235. The number of furan rings is 1. The molecule has 0 spiro atoms. The molecule has 0 unspecified atom stereocenters. The summed E-state index contributed by atoms with van der Waals surface area (Å²) in [5.41, 5.74) is 2.02.